The van der Waals surface area contributed by atoms with Crippen molar-refractivity contribution in [1.82, 2.24) is 0 Å². The van der Waals surface area contributed by atoms with Gasteiger partial charge in [0.05, 0.1) is 0 Å². The zero-order valence-corrected chi connectivity index (χ0v) is 36.3. The van der Waals surface area contributed by atoms with Gasteiger partial charge in [-0.25, -0.2) is 0 Å². The van der Waals surface area contributed by atoms with Gasteiger partial charge in [-0.1, -0.05) is 0 Å². The van der Waals surface area contributed by atoms with Crippen LogP contribution in [0.15, 0.2) is 114 Å². The van der Waals surface area contributed by atoms with Crippen LogP contribution in [0.25, 0.3) is 20.5 Å². The van der Waals surface area contributed by atoms with E-state index >= 15 is 0 Å². The number of benzene rings is 3. The fraction of sp³-hybridized carbons (Fsp3) is 0.378. The van der Waals surface area contributed by atoms with Crippen molar-refractivity contribution in [2.45, 2.75) is 98.1 Å². The van der Waals surface area contributed by atoms with E-state index in [1.54, 1.807) is 3.28 Å². The fourth-order valence-corrected chi connectivity index (χ4v) is 16.8. The van der Waals surface area contributed by atoms with Crippen molar-refractivity contribution >= 4 is 15.3 Å². The first-order chi connectivity index (χ1) is 22.1. The molecule has 0 aromatic heterocycles. The predicted molar refractivity (Wildman–Crippen MR) is 203 cm³/mol. The summed E-state index contributed by atoms with van der Waals surface area (Å²) in [4.78, 5) is 0. The van der Waals surface area contributed by atoms with Crippen molar-refractivity contribution < 1.29 is 47.2 Å². The molecule has 3 aliphatic carbocycles. The summed E-state index contributed by atoms with van der Waals surface area (Å²) in [6.45, 7) is 26.2. The summed E-state index contributed by atoms with van der Waals surface area (Å²) < 4.78 is 1.80. The zero-order valence-electron chi connectivity index (χ0n) is 31.4. The van der Waals surface area contributed by atoms with Gasteiger partial charge in [0, 0.05) is 0 Å². The maximum Gasteiger partial charge on any atom is -1.00 e. The molecule has 0 bridgehead atoms. The topological polar surface area (TPSA) is 0 Å². The van der Waals surface area contributed by atoms with Crippen LogP contribution >= 0.6 is 0 Å². The van der Waals surface area contributed by atoms with Crippen LogP contribution in [0.3, 0.4) is 0 Å². The van der Waals surface area contributed by atoms with E-state index < -0.39 is 22.4 Å². The monoisotopic (exact) mass is 781 g/mol. The van der Waals surface area contributed by atoms with Crippen molar-refractivity contribution in [2.24, 2.45) is 11.3 Å². The van der Waals surface area contributed by atoms with Gasteiger partial charge in [-0.05, 0) is 0 Å². The zero-order chi connectivity index (χ0) is 33.9. The van der Waals surface area contributed by atoms with E-state index in [1.165, 1.54) is 55.0 Å². The summed E-state index contributed by atoms with van der Waals surface area (Å²) in [6, 6.07) is 26.1. The van der Waals surface area contributed by atoms with Crippen LogP contribution in [0.4, 0.5) is 0 Å². The maximum atomic E-state index is 2.72. The largest absolute Gasteiger partial charge is 1.00 e. The standard InChI is InChI=1S/C43H47.C2H6Si.2ClH.Zr/c1-10-42(27-31-13-11-14-35(37(31)28-42)30-16-18-32(19-17-30)40(4,5)6)38-24-25-39-36(38)15-12-26-43(39,29(2)3)34-22-20-33(21-23-34)41(7,8)9;1-3-2;;;/h11-26,28-29H,10H2,1-9H3;1-2H3;2*1H;/q;;;;+2/p-2. The smallest absolute Gasteiger partial charge is 1.00 e. The maximum absolute atomic E-state index is 2.72. The molecule has 0 saturated carbocycles. The number of hydrogen-bond acceptors (Lipinski definition) is 0. The SMILES string of the molecule is CCC1(C2=CC=C3C2=CC=CC3(c2ccc(C(C)(C)C)cc2)C(C)C)C=c2c(-c3ccc(C(C)(C)C)cc3)cccc2=[C]1[Zr+2][Si](C)C.[Cl-].[Cl-]. The van der Waals surface area contributed by atoms with Crippen LogP contribution in [0.5, 0.6) is 0 Å². The van der Waals surface area contributed by atoms with Crippen LogP contribution in [0, 0.1) is 11.3 Å². The summed E-state index contributed by atoms with van der Waals surface area (Å²) in [7, 11) is 0. The summed E-state index contributed by atoms with van der Waals surface area (Å²) in [5.41, 5.74) is 11.5. The molecule has 0 amide bonds. The minimum atomic E-state index is -0.787. The van der Waals surface area contributed by atoms with Gasteiger partial charge in [0.2, 0.25) is 0 Å². The van der Waals surface area contributed by atoms with E-state index in [1.807, 2.05) is 0 Å². The molecule has 0 nitrogen and oxygen atoms in total. The minimum absolute atomic E-state index is 0. The molecule has 0 N–H and O–H groups in total. The van der Waals surface area contributed by atoms with Crippen molar-refractivity contribution in [3.63, 3.8) is 0 Å². The third-order valence-electron chi connectivity index (χ3n) is 10.9. The molecule has 3 aromatic carbocycles. The van der Waals surface area contributed by atoms with Gasteiger partial charge >= 0.3 is 299 Å². The van der Waals surface area contributed by atoms with Gasteiger partial charge in [0.25, 0.3) is 0 Å². The van der Waals surface area contributed by atoms with E-state index in [0.717, 1.165) is 6.42 Å². The molecule has 255 valence electrons. The van der Waals surface area contributed by atoms with Crippen LogP contribution in [-0.4, -0.2) is 5.92 Å². The summed E-state index contributed by atoms with van der Waals surface area (Å²) in [5.74, 6) is 0.0697. The molecule has 3 aliphatic rings. The average Bonchev–Trinajstić information content (AvgIpc) is 3.60. The average molecular weight is 784 g/mol. The van der Waals surface area contributed by atoms with Crippen molar-refractivity contribution in [3.05, 3.63) is 141 Å². The number of allylic oxidation sites excluding steroid dienone is 8. The van der Waals surface area contributed by atoms with Crippen LogP contribution < -0.4 is 35.3 Å². The molecule has 2 unspecified atom stereocenters. The van der Waals surface area contributed by atoms with E-state index in [9.17, 15) is 0 Å². The fourth-order valence-electron chi connectivity index (χ4n) is 8.15. The Morgan fingerprint density at radius 1 is 0.735 bits per heavy atom. The molecular weight excluding hydrogens is 731 g/mol. The first-order valence-electron chi connectivity index (χ1n) is 17.6. The molecule has 2 atom stereocenters. The van der Waals surface area contributed by atoms with Gasteiger partial charge in [-0.15, -0.1) is 0 Å². The van der Waals surface area contributed by atoms with E-state index in [4.69, 9.17) is 0 Å². The Bertz CT molecular complexity index is 1940. The summed E-state index contributed by atoms with van der Waals surface area (Å²) in [6.07, 6.45) is 16.1. The van der Waals surface area contributed by atoms with Gasteiger partial charge in [-0.2, -0.15) is 0 Å². The molecule has 1 radical (unpaired) electrons. The molecule has 0 fully saturated rings. The molecule has 0 heterocycles. The minimum Gasteiger partial charge on any atom is -1.00 e. The predicted octanol–water partition coefficient (Wildman–Crippen LogP) is 4.55. The Hall–Kier alpha value is -1.96. The number of halogens is 2. The second-order valence-corrected chi connectivity index (χ2v) is 29.2. The molecule has 4 heteroatoms. The summed E-state index contributed by atoms with van der Waals surface area (Å²) in [5, 5.41) is 3.00. The second-order valence-electron chi connectivity index (χ2n) is 16.5. The first-order valence-corrected chi connectivity index (χ1v) is 25.0. The Kier molecular flexibility index (Phi) is 11.8. The Labute approximate surface area is 321 Å². The van der Waals surface area contributed by atoms with E-state index in [-0.39, 0.29) is 52.4 Å². The molecule has 3 aromatic rings. The molecule has 0 aliphatic heterocycles. The third-order valence-corrected chi connectivity index (χ3v) is 18.9. The Morgan fingerprint density at radius 3 is 1.84 bits per heavy atom. The van der Waals surface area contributed by atoms with Crippen molar-refractivity contribution in [1.29, 1.82) is 0 Å². The normalized spacial score (nSPS) is 21.2. The van der Waals surface area contributed by atoms with Crippen molar-refractivity contribution in [3.8, 4) is 11.1 Å². The van der Waals surface area contributed by atoms with Gasteiger partial charge in [-0.3, -0.25) is 0 Å². The number of fused-ring (bicyclic) bond motifs is 2. The van der Waals surface area contributed by atoms with E-state index in [0.29, 0.717) is 5.92 Å². The molecule has 0 saturated heterocycles. The quantitative estimate of drug-likeness (QED) is 0.309. The molecule has 6 rings (SSSR count). The van der Waals surface area contributed by atoms with Crippen molar-refractivity contribution in [2.75, 3.05) is 0 Å². The molecule has 49 heavy (non-hydrogen) atoms. The Morgan fingerprint density at radius 2 is 1.31 bits per heavy atom. The van der Waals surface area contributed by atoms with E-state index in [2.05, 4.69) is 179 Å². The Balaban J connectivity index is 0.00000270. The number of hydrogen-bond donors (Lipinski definition) is 0. The first kappa shape index (κ1) is 39.8. The summed E-state index contributed by atoms with van der Waals surface area (Å²) >= 11 is -0.787. The van der Waals surface area contributed by atoms with Crippen LogP contribution in [0.1, 0.15) is 85.4 Å². The van der Waals surface area contributed by atoms with Gasteiger partial charge in [0.1, 0.15) is 0 Å². The second kappa shape index (κ2) is 14.6. The van der Waals surface area contributed by atoms with Crippen LogP contribution in [-0.2, 0) is 38.6 Å². The molecule has 0 spiro atoms. The van der Waals surface area contributed by atoms with Gasteiger partial charge in [0.15, 0.2) is 0 Å². The number of rotatable bonds is 7. The molecular formula is C45H53Cl2SiZr. The van der Waals surface area contributed by atoms with Gasteiger partial charge < -0.3 is 24.8 Å². The third kappa shape index (κ3) is 6.87. The van der Waals surface area contributed by atoms with Crippen LogP contribution in [0.2, 0.25) is 13.1 Å².